The van der Waals surface area contributed by atoms with Crippen LogP contribution in [0.1, 0.15) is 37.4 Å². The molecule has 1 saturated carbocycles. The van der Waals surface area contributed by atoms with Crippen LogP contribution in [-0.4, -0.2) is 27.8 Å². The molecule has 0 radical (unpaired) electrons. The number of fused-ring (bicyclic) bond motifs is 1. The Kier molecular flexibility index (Phi) is 5.13. The largest absolute Gasteiger partial charge is 0.597 e. The number of hydrogen-bond donors (Lipinski definition) is 3. The van der Waals surface area contributed by atoms with Crippen molar-refractivity contribution < 1.29 is 9.90 Å². The van der Waals surface area contributed by atoms with E-state index >= 15 is 0 Å². The molecular weight excluding hydrogens is 338 g/mol. The summed E-state index contributed by atoms with van der Waals surface area (Å²) >= 11 is 6.37. The van der Waals surface area contributed by atoms with Gasteiger partial charge >= 0.3 is 0 Å². The fraction of sp³-hybridized carbons (Fsp3) is 0.368. The number of carbonyl (C=O) groups is 1. The van der Waals surface area contributed by atoms with Crippen molar-refractivity contribution in [2.24, 2.45) is 0 Å². The van der Waals surface area contributed by atoms with Crippen LogP contribution >= 0.6 is 11.6 Å². The average molecular weight is 361 g/mol. The second-order valence-corrected chi connectivity index (χ2v) is 7.10. The van der Waals surface area contributed by atoms with E-state index in [1.54, 1.807) is 13.0 Å². The van der Waals surface area contributed by atoms with Crippen molar-refractivity contribution in [2.75, 3.05) is 0 Å². The second kappa shape index (κ2) is 7.31. The number of hydrogen-bond acceptors (Lipinski definition) is 2. The van der Waals surface area contributed by atoms with E-state index < -0.39 is 0 Å². The Hall–Kier alpha value is -2.27. The topological polar surface area (TPSA) is 91.6 Å². The van der Waals surface area contributed by atoms with Gasteiger partial charge in [-0.2, -0.15) is 0 Å². The van der Waals surface area contributed by atoms with Crippen LogP contribution in [-0.2, 0) is 17.6 Å². The summed E-state index contributed by atoms with van der Waals surface area (Å²) < 4.78 is 0. The number of aromatic nitrogens is 1. The van der Waals surface area contributed by atoms with E-state index in [9.17, 15) is 4.79 Å². The lowest BCUT2D eigenvalue weighted by atomic mass is 10.1. The third kappa shape index (κ3) is 4.86. The molecule has 1 aromatic carbocycles. The zero-order valence-corrected chi connectivity index (χ0v) is 15.0. The third-order valence-electron chi connectivity index (χ3n) is 4.19. The smallest absolute Gasteiger partial charge is 0.227 e. The lowest BCUT2D eigenvalue weighted by molar-refractivity contribution is -0.120. The molecule has 3 rings (SSSR count). The second-order valence-electron chi connectivity index (χ2n) is 6.70. The van der Waals surface area contributed by atoms with E-state index in [0.717, 1.165) is 35.0 Å². The first-order chi connectivity index (χ1) is 11.9. The number of halogens is 1. The first-order valence-corrected chi connectivity index (χ1v) is 8.85. The van der Waals surface area contributed by atoms with Gasteiger partial charge < -0.3 is 20.8 Å². The van der Waals surface area contributed by atoms with Crippen molar-refractivity contribution in [1.82, 2.24) is 10.3 Å². The van der Waals surface area contributed by atoms with Gasteiger partial charge in [-0.15, -0.1) is 0 Å². The highest BCUT2D eigenvalue weighted by atomic mass is 35.5. The minimum absolute atomic E-state index is 0.0476. The maximum atomic E-state index is 11.9. The molecule has 1 amide bonds. The molecule has 0 atom stereocenters. The molecule has 0 saturated heterocycles. The Morgan fingerprint density at radius 2 is 2.20 bits per heavy atom. The zero-order valence-electron chi connectivity index (χ0n) is 14.2. The molecule has 132 valence electrons. The van der Waals surface area contributed by atoms with Crippen LogP contribution in [0.3, 0.4) is 0 Å². The number of nitrogens with one attached hydrogen (secondary N) is 3. The number of allylic oxidation sites excluding steroid dienone is 2. The molecule has 2 aromatic rings. The normalized spacial score (nSPS) is 14.7. The molecule has 1 aliphatic rings. The molecule has 0 spiro atoms. The SMILES string of the molecule is C/C([OH2+])=C/C(=N)CCc1cc2[nH]c(CC(=O)NC3CC3)cc2cc1Cl. The van der Waals surface area contributed by atoms with Crippen LogP contribution in [0.5, 0.6) is 0 Å². The molecule has 1 aliphatic carbocycles. The highest BCUT2D eigenvalue weighted by molar-refractivity contribution is 6.32. The Labute approximate surface area is 151 Å². The molecule has 1 aromatic heterocycles. The molecule has 5 N–H and O–H groups in total. The van der Waals surface area contributed by atoms with Crippen molar-refractivity contribution in [3.63, 3.8) is 0 Å². The Bertz CT molecular complexity index is 846. The van der Waals surface area contributed by atoms with E-state index in [1.807, 2.05) is 18.2 Å². The first kappa shape index (κ1) is 17.5. The Morgan fingerprint density at radius 1 is 1.44 bits per heavy atom. The number of amides is 1. The number of rotatable bonds is 7. The van der Waals surface area contributed by atoms with Crippen molar-refractivity contribution in [2.45, 2.75) is 45.1 Å². The van der Waals surface area contributed by atoms with Gasteiger partial charge in [0.05, 0.1) is 6.42 Å². The maximum absolute atomic E-state index is 11.9. The fourth-order valence-corrected chi connectivity index (χ4v) is 3.09. The summed E-state index contributed by atoms with van der Waals surface area (Å²) in [5.74, 6) is 0.427. The summed E-state index contributed by atoms with van der Waals surface area (Å²) in [6.07, 6.45) is 5.25. The summed E-state index contributed by atoms with van der Waals surface area (Å²) in [6, 6.07) is 6.23. The van der Waals surface area contributed by atoms with Crippen LogP contribution in [0.2, 0.25) is 5.02 Å². The lowest BCUT2D eigenvalue weighted by Crippen LogP contribution is -2.27. The molecular formula is C19H23ClN3O2+. The van der Waals surface area contributed by atoms with Gasteiger partial charge in [-0.25, -0.2) is 0 Å². The summed E-state index contributed by atoms with van der Waals surface area (Å²) in [6.45, 7) is 1.66. The number of carbonyl (C=O) groups excluding carboxylic acids is 1. The van der Waals surface area contributed by atoms with Crippen LogP contribution in [0.4, 0.5) is 0 Å². The van der Waals surface area contributed by atoms with Crippen molar-refractivity contribution in [3.05, 3.63) is 46.3 Å². The van der Waals surface area contributed by atoms with Gasteiger partial charge in [0.1, 0.15) is 0 Å². The van der Waals surface area contributed by atoms with Crippen LogP contribution < -0.4 is 5.32 Å². The van der Waals surface area contributed by atoms with E-state index in [1.165, 1.54) is 0 Å². The molecule has 5 nitrogen and oxygen atoms in total. The number of benzene rings is 1. The molecule has 1 heterocycles. The van der Waals surface area contributed by atoms with Gasteiger partial charge in [-0.3, -0.25) is 4.79 Å². The standard InChI is InChI=1S/C19H22ClN3O2/c1-11(24)6-14(21)3-2-12-9-18-13(8-17(12)20)7-16(22-18)10-19(25)23-15-4-5-15/h6-9,15,21-22,24H,2-5,10H2,1H3,(H,23,25)/p+1/b11-6-,21-14?. The van der Waals surface area contributed by atoms with Crippen LogP contribution in [0.25, 0.3) is 10.9 Å². The summed E-state index contributed by atoms with van der Waals surface area (Å²) in [5.41, 5.74) is 3.22. The highest BCUT2D eigenvalue weighted by Crippen LogP contribution is 2.26. The monoisotopic (exact) mass is 360 g/mol. The van der Waals surface area contributed by atoms with Crippen molar-refractivity contribution in [3.8, 4) is 0 Å². The predicted octanol–water partition coefficient (Wildman–Crippen LogP) is 3.22. The minimum atomic E-state index is 0.0476. The van der Waals surface area contributed by atoms with Gasteiger partial charge in [-0.05, 0) is 49.4 Å². The lowest BCUT2D eigenvalue weighted by Gasteiger charge is -2.04. The number of aryl methyl sites for hydroxylation is 1. The van der Waals surface area contributed by atoms with Crippen molar-refractivity contribution >= 4 is 34.1 Å². The number of aromatic amines is 1. The molecule has 0 aliphatic heterocycles. The Balaban J connectivity index is 1.70. The molecule has 1 fully saturated rings. The van der Waals surface area contributed by atoms with Gasteiger partial charge in [0.2, 0.25) is 11.7 Å². The van der Waals surface area contributed by atoms with E-state index in [-0.39, 0.29) is 5.91 Å². The van der Waals surface area contributed by atoms with Gasteiger partial charge in [-0.1, -0.05) is 11.6 Å². The summed E-state index contributed by atoms with van der Waals surface area (Å²) in [5, 5.41) is 19.9. The quantitative estimate of drug-likeness (QED) is 0.395. The average Bonchev–Trinajstić information content (AvgIpc) is 3.23. The van der Waals surface area contributed by atoms with Gasteiger partial charge in [0.25, 0.3) is 0 Å². The van der Waals surface area contributed by atoms with Crippen molar-refractivity contribution in [1.29, 1.82) is 5.41 Å². The number of H-pyrrole nitrogens is 1. The van der Waals surface area contributed by atoms with E-state index in [4.69, 9.17) is 22.1 Å². The first-order valence-electron chi connectivity index (χ1n) is 8.47. The highest BCUT2D eigenvalue weighted by Gasteiger charge is 2.23. The third-order valence-corrected chi connectivity index (χ3v) is 4.54. The van der Waals surface area contributed by atoms with Crippen LogP contribution in [0, 0.1) is 5.41 Å². The predicted molar refractivity (Wildman–Crippen MR) is 102 cm³/mol. The molecule has 25 heavy (non-hydrogen) atoms. The zero-order chi connectivity index (χ0) is 18.0. The minimum Gasteiger partial charge on any atom is -0.597 e. The fourth-order valence-electron chi connectivity index (χ4n) is 2.83. The Morgan fingerprint density at radius 3 is 2.88 bits per heavy atom. The van der Waals surface area contributed by atoms with Crippen LogP contribution in [0.15, 0.2) is 30.0 Å². The molecule has 6 heteroatoms. The molecule has 0 bridgehead atoms. The van der Waals surface area contributed by atoms with Gasteiger partial charge in [0, 0.05) is 46.4 Å². The van der Waals surface area contributed by atoms with E-state index in [2.05, 4.69) is 10.3 Å². The summed E-state index contributed by atoms with van der Waals surface area (Å²) in [7, 11) is 0. The molecule has 0 unspecified atom stereocenters. The van der Waals surface area contributed by atoms with E-state index in [0.29, 0.717) is 41.8 Å². The maximum Gasteiger partial charge on any atom is 0.227 e. The summed E-state index contributed by atoms with van der Waals surface area (Å²) in [4.78, 5) is 15.2. The van der Waals surface area contributed by atoms with Gasteiger partial charge in [0.15, 0.2) is 0 Å².